The number of Topliss-reactive ketones (excluding diaryl/α,β-unsaturated/α-hetero) is 3. The number of carbonyl (C=O) groups is 6. The van der Waals surface area contributed by atoms with Crippen LogP contribution in [0.4, 0.5) is 17.1 Å². The number of nitrogens with one attached hydrogen (secondary N) is 3. The maximum Gasteiger partial charge on any atom is 0.221 e. The van der Waals surface area contributed by atoms with Crippen LogP contribution in [0, 0.1) is 0 Å². The molecule has 0 fully saturated rings. The molecule has 0 aliphatic carbocycles. The number of anilines is 3. The first-order valence-electron chi connectivity index (χ1n) is 22.1. The van der Waals surface area contributed by atoms with Crippen molar-refractivity contribution in [1.29, 1.82) is 0 Å². The molecule has 0 spiro atoms. The van der Waals surface area contributed by atoms with Crippen LogP contribution in [-0.2, 0) is 14.4 Å². The molecule has 3 aromatic carbocycles. The van der Waals surface area contributed by atoms with Gasteiger partial charge in [-0.05, 0) is 112 Å². The summed E-state index contributed by atoms with van der Waals surface area (Å²) in [4.78, 5) is 79.5. The van der Waals surface area contributed by atoms with E-state index in [1.807, 2.05) is 0 Å². The van der Waals surface area contributed by atoms with Gasteiger partial charge in [-0.3, -0.25) is 28.8 Å². The maximum atomic E-state index is 13.9. The first kappa shape index (κ1) is 52.6. The highest BCUT2D eigenvalue weighted by Gasteiger charge is 2.30. The van der Waals surface area contributed by atoms with Crippen molar-refractivity contribution in [1.82, 2.24) is 16.0 Å². The Balaban J connectivity index is 2.18. The molecular weight excluding hydrogens is 817 g/mol. The lowest BCUT2D eigenvalue weighted by molar-refractivity contribution is -0.122. The second-order valence-corrected chi connectivity index (χ2v) is 15.9. The van der Waals surface area contributed by atoms with Crippen molar-refractivity contribution in [2.45, 2.75) is 101 Å². The lowest BCUT2D eigenvalue weighted by Crippen LogP contribution is -2.41. The molecule has 0 bridgehead atoms. The van der Waals surface area contributed by atoms with E-state index >= 15 is 0 Å². The largest absolute Gasteiger partial charge is 0.398 e. The van der Waals surface area contributed by atoms with Crippen LogP contribution in [-0.4, -0.2) is 92.5 Å². The SMILES string of the molecule is NCCCC[C@@H](NC(=O)CCN)C(=O)c1ccc(C(c2ccc(C(=O)[C@@H](CCCCN)NC(=O)CCN)cc2N)c2ccc(C(=O)[C@@H](CCCCN)NC(=O)CCN)cc2N)c(N)c1. The molecule has 18 nitrogen and oxygen atoms in total. The number of nitrogens with two attached hydrogens (primary N) is 9. The minimum Gasteiger partial charge on any atom is -0.398 e. The first-order chi connectivity index (χ1) is 30.7. The fraction of sp³-hybridized carbons (Fsp3) is 0.478. The van der Waals surface area contributed by atoms with E-state index in [1.54, 1.807) is 36.4 Å². The molecule has 0 aliphatic rings. The smallest absolute Gasteiger partial charge is 0.221 e. The highest BCUT2D eigenvalue weighted by Crippen LogP contribution is 2.41. The molecule has 3 rings (SSSR count). The molecule has 0 radical (unpaired) electrons. The third-order valence-electron chi connectivity index (χ3n) is 11.0. The zero-order valence-corrected chi connectivity index (χ0v) is 36.9. The second-order valence-electron chi connectivity index (χ2n) is 15.9. The molecule has 0 aromatic heterocycles. The van der Waals surface area contributed by atoms with E-state index in [2.05, 4.69) is 16.0 Å². The van der Waals surface area contributed by atoms with Crippen molar-refractivity contribution in [3.05, 3.63) is 88.0 Å². The normalized spacial score (nSPS) is 12.6. The Kier molecular flexibility index (Phi) is 22.5. The number of hydrogen-bond donors (Lipinski definition) is 12. The number of rotatable bonds is 30. The topological polar surface area (TPSA) is 373 Å². The third kappa shape index (κ3) is 15.5. The Morgan fingerprint density at radius 2 is 0.656 bits per heavy atom. The van der Waals surface area contributed by atoms with Gasteiger partial charge >= 0.3 is 0 Å². The Labute approximate surface area is 375 Å². The summed E-state index contributed by atoms with van der Waals surface area (Å²) in [6, 6.07) is 12.0. The summed E-state index contributed by atoms with van der Waals surface area (Å²) < 4.78 is 0. The van der Waals surface area contributed by atoms with Gasteiger partial charge in [-0.25, -0.2) is 0 Å². The number of hydrogen-bond acceptors (Lipinski definition) is 15. The zero-order chi connectivity index (χ0) is 47.2. The Morgan fingerprint density at radius 1 is 0.391 bits per heavy atom. The molecule has 350 valence electrons. The molecule has 3 amide bonds. The fourth-order valence-electron chi connectivity index (χ4n) is 7.56. The average Bonchev–Trinajstić information content (AvgIpc) is 3.26. The van der Waals surface area contributed by atoms with Crippen LogP contribution in [0.1, 0.15) is 131 Å². The lowest BCUT2D eigenvalue weighted by Gasteiger charge is -2.25. The van der Waals surface area contributed by atoms with Crippen molar-refractivity contribution in [2.75, 3.05) is 56.5 Å². The number of benzene rings is 3. The molecule has 0 saturated heterocycles. The number of ketones is 3. The Hall–Kier alpha value is -5.76. The Bertz CT molecular complexity index is 1820. The molecular formula is C46H70N12O6. The summed E-state index contributed by atoms with van der Waals surface area (Å²) in [5, 5.41) is 8.39. The summed E-state index contributed by atoms with van der Waals surface area (Å²) >= 11 is 0. The van der Waals surface area contributed by atoms with E-state index < -0.39 is 24.0 Å². The van der Waals surface area contributed by atoms with Gasteiger partial charge in [-0.2, -0.15) is 0 Å². The van der Waals surface area contributed by atoms with E-state index in [0.29, 0.717) is 94.1 Å². The molecule has 0 unspecified atom stereocenters. The molecule has 64 heavy (non-hydrogen) atoms. The van der Waals surface area contributed by atoms with Crippen molar-refractivity contribution in [2.24, 2.45) is 34.4 Å². The molecule has 0 heterocycles. The molecule has 0 saturated carbocycles. The first-order valence-corrected chi connectivity index (χ1v) is 22.1. The fourth-order valence-corrected chi connectivity index (χ4v) is 7.56. The highest BCUT2D eigenvalue weighted by molar-refractivity contribution is 6.04. The quantitative estimate of drug-likeness (QED) is 0.0193. The van der Waals surface area contributed by atoms with Crippen LogP contribution in [0.2, 0.25) is 0 Å². The van der Waals surface area contributed by atoms with E-state index in [0.717, 1.165) is 0 Å². The lowest BCUT2D eigenvalue weighted by atomic mass is 9.80. The van der Waals surface area contributed by atoms with Crippen LogP contribution >= 0.6 is 0 Å². The Morgan fingerprint density at radius 3 is 0.875 bits per heavy atom. The molecule has 18 heteroatoms. The summed E-state index contributed by atoms with van der Waals surface area (Å²) in [5.41, 5.74) is 57.2. The second kappa shape index (κ2) is 27.4. The van der Waals surface area contributed by atoms with Gasteiger partial charge in [-0.15, -0.1) is 0 Å². The predicted molar refractivity (Wildman–Crippen MR) is 252 cm³/mol. The summed E-state index contributed by atoms with van der Waals surface area (Å²) in [6.45, 7) is 1.65. The highest BCUT2D eigenvalue weighted by atomic mass is 16.2. The minimum absolute atomic E-state index is 0.0524. The van der Waals surface area contributed by atoms with Crippen molar-refractivity contribution >= 4 is 52.1 Å². The van der Waals surface area contributed by atoms with Gasteiger partial charge in [0, 0.05) is 78.6 Å². The monoisotopic (exact) mass is 887 g/mol. The number of carbonyl (C=O) groups excluding carboxylic acids is 6. The van der Waals surface area contributed by atoms with Gasteiger partial charge in [0.15, 0.2) is 17.3 Å². The number of amides is 3. The van der Waals surface area contributed by atoms with E-state index in [1.165, 1.54) is 18.2 Å². The van der Waals surface area contributed by atoms with Crippen molar-refractivity contribution < 1.29 is 28.8 Å². The zero-order valence-electron chi connectivity index (χ0n) is 36.9. The molecule has 3 atom stereocenters. The van der Waals surface area contributed by atoms with E-state index in [9.17, 15) is 28.8 Å². The van der Waals surface area contributed by atoms with Gasteiger partial charge in [0.05, 0.1) is 18.1 Å². The van der Waals surface area contributed by atoms with Crippen molar-refractivity contribution in [3.8, 4) is 0 Å². The number of nitrogen functional groups attached to an aromatic ring is 3. The van der Waals surface area contributed by atoms with Gasteiger partial charge in [0.1, 0.15) is 0 Å². The van der Waals surface area contributed by atoms with Crippen molar-refractivity contribution in [3.63, 3.8) is 0 Å². The summed E-state index contributed by atoms with van der Waals surface area (Å²) in [7, 11) is 0. The predicted octanol–water partition coefficient (Wildman–Crippen LogP) is 1.05. The van der Waals surface area contributed by atoms with E-state index in [-0.39, 0.29) is 108 Å². The molecule has 0 aliphatic heterocycles. The average molecular weight is 887 g/mol. The third-order valence-corrected chi connectivity index (χ3v) is 11.0. The van der Waals surface area contributed by atoms with Crippen LogP contribution in [0.15, 0.2) is 54.6 Å². The van der Waals surface area contributed by atoms with Gasteiger partial charge in [-0.1, -0.05) is 36.4 Å². The molecule has 21 N–H and O–H groups in total. The van der Waals surface area contributed by atoms with Crippen LogP contribution in [0.3, 0.4) is 0 Å². The van der Waals surface area contributed by atoms with Crippen LogP contribution in [0.25, 0.3) is 0 Å². The molecule has 3 aromatic rings. The van der Waals surface area contributed by atoms with Gasteiger partial charge in [0.2, 0.25) is 17.7 Å². The van der Waals surface area contributed by atoms with Gasteiger partial charge < -0.3 is 67.6 Å². The minimum atomic E-state index is -0.841. The van der Waals surface area contributed by atoms with Crippen LogP contribution < -0.4 is 67.6 Å². The summed E-state index contributed by atoms with van der Waals surface area (Å²) in [6.07, 6.45) is 5.01. The maximum absolute atomic E-state index is 13.9. The standard InChI is InChI=1S/C46H70N12O6/c47-19-4-1-7-37(56-40(59)16-22-50)44(62)28-10-13-31(34(53)25-28)43(32-14-11-29(26-35(32)54)45(63)38(8-2-5-20-48)57-41(60)17-23-51)33-15-12-30(27-36(33)55)46(64)39(9-3-6-21-49)58-42(61)18-24-52/h10-15,25-27,37-39,43H,1-9,16-24,47-55H2,(H,56,59)(H,57,60)(H,58,61)/t37-,38-,39-/m1/s1. The van der Waals surface area contributed by atoms with E-state index in [4.69, 9.17) is 51.6 Å². The van der Waals surface area contributed by atoms with Crippen LogP contribution in [0.5, 0.6) is 0 Å². The number of unbranched alkanes of at least 4 members (excludes halogenated alkanes) is 3. The van der Waals surface area contributed by atoms with Gasteiger partial charge in [0.25, 0.3) is 0 Å². The summed E-state index contributed by atoms with van der Waals surface area (Å²) in [5.74, 6) is -2.90.